The second-order valence-electron chi connectivity index (χ2n) is 5.05. The van der Waals surface area contributed by atoms with E-state index in [0.717, 1.165) is 27.0 Å². The summed E-state index contributed by atoms with van der Waals surface area (Å²) in [6, 6.07) is 13.8. The number of halogens is 1. The Bertz CT molecular complexity index is 581. The van der Waals surface area contributed by atoms with Gasteiger partial charge in [0.15, 0.2) is 0 Å². The smallest absolute Gasteiger partial charge is 0.125 e. The van der Waals surface area contributed by atoms with Crippen molar-refractivity contribution >= 4 is 21.6 Å². The second kappa shape index (κ2) is 7.48. The Hall–Kier alpha value is -1.52. The molecule has 21 heavy (non-hydrogen) atoms. The van der Waals surface area contributed by atoms with E-state index in [1.807, 2.05) is 56.3 Å². The molecule has 0 aliphatic carbocycles. The zero-order chi connectivity index (χ0) is 15.2. The second-order valence-corrected chi connectivity index (χ2v) is 5.90. The maximum absolute atomic E-state index is 10.0. The van der Waals surface area contributed by atoms with Gasteiger partial charge in [0.2, 0.25) is 0 Å². The van der Waals surface area contributed by atoms with Gasteiger partial charge in [-0.1, -0.05) is 30.3 Å². The molecular weight excluding hydrogens is 330 g/mol. The summed E-state index contributed by atoms with van der Waals surface area (Å²) < 4.78 is 6.73. The molecule has 1 unspecified atom stereocenters. The van der Waals surface area contributed by atoms with Crippen LogP contribution in [0.4, 0.5) is 5.69 Å². The van der Waals surface area contributed by atoms with Crippen LogP contribution in [-0.2, 0) is 0 Å². The number of hydrogen-bond acceptors (Lipinski definition) is 3. The van der Waals surface area contributed by atoms with Gasteiger partial charge in [0.25, 0.3) is 0 Å². The van der Waals surface area contributed by atoms with Gasteiger partial charge in [-0.25, -0.2) is 0 Å². The number of nitrogens with one attached hydrogen (secondary N) is 1. The standard InChI is InChI=1S/C17H20BrNO2/c1-12-6-5-7-13(2)17(12)21-11-14(20)10-19-16-9-4-3-8-15(16)18/h3-9,14,19-20H,10-11H2,1-2H3. The molecule has 0 aliphatic heterocycles. The first kappa shape index (κ1) is 15.9. The van der Waals surface area contributed by atoms with Crippen LogP contribution < -0.4 is 10.1 Å². The van der Waals surface area contributed by atoms with E-state index in [1.165, 1.54) is 0 Å². The number of rotatable bonds is 6. The first-order valence-corrected chi connectivity index (χ1v) is 7.72. The first-order valence-electron chi connectivity index (χ1n) is 6.93. The van der Waals surface area contributed by atoms with Gasteiger partial charge in [-0.3, -0.25) is 0 Å². The van der Waals surface area contributed by atoms with Gasteiger partial charge in [0.1, 0.15) is 18.5 Å². The number of hydrogen-bond donors (Lipinski definition) is 2. The maximum atomic E-state index is 10.0. The molecule has 2 N–H and O–H groups in total. The van der Waals surface area contributed by atoms with E-state index in [1.54, 1.807) is 0 Å². The van der Waals surface area contributed by atoms with Crippen molar-refractivity contribution in [3.63, 3.8) is 0 Å². The Kier molecular flexibility index (Phi) is 5.65. The molecule has 0 heterocycles. The highest BCUT2D eigenvalue weighted by Crippen LogP contribution is 2.23. The van der Waals surface area contributed by atoms with E-state index < -0.39 is 6.10 Å². The molecule has 2 rings (SSSR count). The Morgan fingerprint density at radius 3 is 2.43 bits per heavy atom. The van der Waals surface area contributed by atoms with Crippen molar-refractivity contribution in [3.8, 4) is 5.75 Å². The predicted molar refractivity (Wildman–Crippen MR) is 90.0 cm³/mol. The van der Waals surface area contributed by atoms with Crippen LogP contribution in [0.1, 0.15) is 11.1 Å². The highest BCUT2D eigenvalue weighted by molar-refractivity contribution is 9.10. The summed E-state index contributed by atoms with van der Waals surface area (Å²) in [7, 11) is 0. The highest BCUT2D eigenvalue weighted by Gasteiger charge is 2.09. The van der Waals surface area contributed by atoms with Crippen LogP contribution in [0.3, 0.4) is 0 Å². The van der Waals surface area contributed by atoms with Crippen LogP contribution in [-0.4, -0.2) is 24.4 Å². The summed E-state index contributed by atoms with van der Waals surface area (Å²) in [6.45, 7) is 4.72. The first-order chi connectivity index (χ1) is 10.1. The number of ether oxygens (including phenoxy) is 1. The van der Waals surface area contributed by atoms with Gasteiger partial charge < -0.3 is 15.2 Å². The van der Waals surface area contributed by atoms with Crippen molar-refractivity contribution in [1.29, 1.82) is 0 Å². The number of aryl methyl sites for hydroxylation is 2. The molecule has 4 heteroatoms. The third kappa shape index (κ3) is 4.48. The average molecular weight is 350 g/mol. The Morgan fingerprint density at radius 2 is 1.76 bits per heavy atom. The minimum atomic E-state index is -0.573. The molecule has 0 bridgehead atoms. The summed E-state index contributed by atoms with van der Waals surface area (Å²) in [5, 5.41) is 13.2. The largest absolute Gasteiger partial charge is 0.490 e. The van der Waals surface area contributed by atoms with Gasteiger partial charge in [-0.15, -0.1) is 0 Å². The fourth-order valence-corrected chi connectivity index (χ4v) is 2.52. The third-order valence-corrected chi connectivity index (χ3v) is 3.92. The molecular formula is C17H20BrNO2. The molecule has 0 radical (unpaired) electrons. The fraction of sp³-hybridized carbons (Fsp3) is 0.294. The monoisotopic (exact) mass is 349 g/mol. The molecule has 2 aromatic rings. The number of anilines is 1. The van der Waals surface area contributed by atoms with Crippen LogP contribution >= 0.6 is 15.9 Å². The van der Waals surface area contributed by atoms with Crippen molar-refractivity contribution in [2.24, 2.45) is 0 Å². The number of benzene rings is 2. The van der Waals surface area contributed by atoms with Crippen molar-refractivity contribution < 1.29 is 9.84 Å². The van der Waals surface area contributed by atoms with Crippen LogP contribution in [0.15, 0.2) is 46.9 Å². The zero-order valence-electron chi connectivity index (χ0n) is 12.3. The van der Waals surface area contributed by atoms with Gasteiger partial charge in [-0.2, -0.15) is 0 Å². The molecule has 0 saturated heterocycles. The number of aliphatic hydroxyl groups excluding tert-OH is 1. The van der Waals surface area contributed by atoms with E-state index in [2.05, 4.69) is 21.2 Å². The lowest BCUT2D eigenvalue weighted by Gasteiger charge is -2.17. The quantitative estimate of drug-likeness (QED) is 0.830. The lowest BCUT2D eigenvalue weighted by atomic mass is 10.1. The molecule has 0 fully saturated rings. The lowest BCUT2D eigenvalue weighted by molar-refractivity contribution is 0.117. The van der Waals surface area contributed by atoms with Crippen molar-refractivity contribution in [2.45, 2.75) is 20.0 Å². The summed E-state index contributed by atoms with van der Waals surface area (Å²) in [6.07, 6.45) is -0.573. The average Bonchev–Trinajstić information content (AvgIpc) is 2.46. The van der Waals surface area contributed by atoms with E-state index >= 15 is 0 Å². The number of aliphatic hydroxyl groups is 1. The molecule has 0 aromatic heterocycles. The summed E-state index contributed by atoms with van der Waals surface area (Å²) in [4.78, 5) is 0. The molecule has 0 amide bonds. The minimum absolute atomic E-state index is 0.267. The maximum Gasteiger partial charge on any atom is 0.125 e. The summed E-state index contributed by atoms with van der Waals surface area (Å²) in [5.41, 5.74) is 3.13. The third-order valence-electron chi connectivity index (χ3n) is 3.23. The molecule has 0 spiro atoms. The van der Waals surface area contributed by atoms with Gasteiger partial charge in [0.05, 0.1) is 0 Å². The molecule has 0 aliphatic rings. The van der Waals surface area contributed by atoms with Crippen molar-refractivity contribution in [2.75, 3.05) is 18.5 Å². The molecule has 1 atom stereocenters. The van der Waals surface area contributed by atoms with E-state index in [0.29, 0.717) is 6.54 Å². The van der Waals surface area contributed by atoms with Gasteiger partial charge >= 0.3 is 0 Å². The van der Waals surface area contributed by atoms with Gasteiger partial charge in [0, 0.05) is 16.7 Å². The summed E-state index contributed by atoms with van der Waals surface area (Å²) in [5.74, 6) is 0.859. The lowest BCUT2D eigenvalue weighted by Crippen LogP contribution is -2.26. The Labute approximate surface area is 134 Å². The topological polar surface area (TPSA) is 41.5 Å². The normalized spacial score (nSPS) is 12.0. The fourth-order valence-electron chi connectivity index (χ4n) is 2.10. The van der Waals surface area contributed by atoms with E-state index in [4.69, 9.17) is 4.74 Å². The van der Waals surface area contributed by atoms with Crippen molar-refractivity contribution in [3.05, 3.63) is 58.1 Å². The predicted octanol–water partition coefficient (Wildman–Crippen LogP) is 3.92. The van der Waals surface area contributed by atoms with Crippen molar-refractivity contribution in [1.82, 2.24) is 0 Å². The zero-order valence-corrected chi connectivity index (χ0v) is 13.9. The van der Waals surface area contributed by atoms with E-state index in [9.17, 15) is 5.11 Å². The van der Waals surface area contributed by atoms with E-state index in [-0.39, 0.29) is 6.61 Å². The minimum Gasteiger partial charge on any atom is -0.490 e. The van der Waals surface area contributed by atoms with Crippen LogP contribution in [0.25, 0.3) is 0 Å². The molecule has 0 saturated carbocycles. The molecule has 112 valence electrons. The summed E-state index contributed by atoms with van der Waals surface area (Å²) >= 11 is 3.47. The Balaban J connectivity index is 1.85. The Morgan fingerprint density at radius 1 is 1.10 bits per heavy atom. The van der Waals surface area contributed by atoms with Crippen LogP contribution in [0.2, 0.25) is 0 Å². The SMILES string of the molecule is Cc1cccc(C)c1OCC(O)CNc1ccccc1Br. The van der Waals surface area contributed by atoms with Crippen LogP contribution in [0.5, 0.6) is 5.75 Å². The molecule has 3 nitrogen and oxygen atoms in total. The highest BCUT2D eigenvalue weighted by atomic mass is 79.9. The van der Waals surface area contributed by atoms with Gasteiger partial charge in [-0.05, 0) is 53.0 Å². The van der Waals surface area contributed by atoms with Crippen LogP contribution in [0, 0.1) is 13.8 Å². The molecule has 2 aromatic carbocycles. The number of para-hydroxylation sites is 2.